The molecule has 0 N–H and O–H groups in total. The van der Waals surface area contributed by atoms with Crippen molar-refractivity contribution >= 4 is 23.2 Å². The number of halogens is 2. The lowest BCUT2D eigenvalue weighted by atomic mass is 10.2. The van der Waals surface area contributed by atoms with E-state index in [1.807, 2.05) is 48.3 Å². The molecule has 5 nitrogen and oxygen atoms in total. The summed E-state index contributed by atoms with van der Waals surface area (Å²) in [6, 6.07) is 13.1. The molecule has 0 atom stereocenters. The lowest BCUT2D eigenvalue weighted by Gasteiger charge is -2.15. The molecule has 1 heterocycles. The second-order valence-corrected chi connectivity index (χ2v) is 6.41. The second-order valence-electron chi connectivity index (χ2n) is 5.63. The molecule has 25 heavy (non-hydrogen) atoms. The van der Waals surface area contributed by atoms with Gasteiger partial charge < -0.3 is 9.26 Å². The number of methoxy groups -OCH3 is 1. The maximum absolute atomic E-state index is 6.23. The summed E-state index contributed by atoms with van der Waals surface area (Å²) >= 11 is 12.3. The van der Waals surface area contributed by atoms with Crippen LogP contribution in [0.4, 0.5) is 0 Å². The predicted octanol–water partition coefficient (Wildman–Crippen LogP) is 4.68. The highest BCUT2D eigenvalue weighted by molar-refractivity contribution is 6.42. The van der Waals surface area contributed by atoms with Crippen LogP contribution in [0.25, 0.3) is 11.4 Å². The Hall–Kier alpha value is -2.08. The first-order valence-electron chi connectivity index (χ1n) is 7.65. The third-order valence-corrected chi connectivity index (χ3v) is 4.55. The molecule has 3 aromatic rings. The summed E-state index contributed by atoms with van der Waals surface area (Å²) in [7, 11) is 3.58. The van der Waals surface area contributed by atoms with Crippen molar-refractivity contribution in [3.05, 3.63) is 64.0 Å². The first-order chi connectivity index (χ1) is 12.1. The van der Waals surface area contributed by atoms with Crippen LogP contribution in [0.1, 0.15) is 11.5 Å². The molecule has 0 spiro atoms. The van der Waals surface area contributed by atoms with E-state index in [2.05, 4.69) is 10.1 Å². The van der Waals surface area contributed by atoms with Crippen LogP contribution in [0, 0.1) is 0 Å². The van der Waals surface area contributed by atoms with E-state index in [4.69, 9.17) is 32.5 Å². The Balaban J connectivity index is 1.67. The third kappa shape index (κ3) is 4.31. The minimum absolute atomic E-state index is 0.506. The van der Waals surface area contributed by atoms with Gasteiger partial charge in [-0.2, -0.15) is 4.98 Å². The van der Waals surface area contributed by atoms with Crippen molar-refractivity contribution in [2.45, 2.75) is 13.1 Å². The molecule has 0 bridgehead atoms. The molecule has 0 aliphatic carbocycles. The van der Waals surface area contributed by atoms with Crippen molar-refractivity contribution in [1.82, 2.24) is 15.0 Å². The molecule has 3 rings (SSSR count). The largest absolute Gasteiger partial charge is 0.497 e. The number of rotatable bonds is 6. The van der Waals surface area contributed by atoms with Gasteiger partial charge in [-0.25, -0.2) is 0 Å². The van der Waals surface area contributed by atoms with Crippen LogP contribution in [0.2, 0.25) is 10.0 Å². The molecule has 0 radical (unpaired) electrons. The lowest BCUT2D eigenvalue weighted by Crippen LogP contribution is -2.17. The molecule has 0 aliphatic heterocycles. The summed E-state index contributed by atoms with van der Waals surface area (Å²) in [5.74, 6) is 1.86. The van der Waals surface area contributed by atoms with E-state index < -0.39 is 0 Å². The van der Waals surface area contributed by atoms with Crippen molar-refractivity contribution in [2.75, 3.05) is 14.2 Å². The van der Waals surface area contributed by atoms with E-state index >= 15 is 0 Å². The van der Waals surface area contributed by atoms with Crippen LogP contribution in [0.5, 0.6) is 5.75 Å². The van der Waals surface area contributed by atoms with E-state index in [0.29, 0.717) is 34.8 Å². The fraction of sp³-hybridized carbons (Fsp3) is 0.222. The normalized spacial score (nSPS) is 11.1. The SMILES string of the molecule is COc1ccc(-c2noc(CN(C)Cc3cccc(Cl)c3Cl)n2)cc1. The average Bonchev–Trinajstić information content (AvgIpc) is 3.07. The first kappa shape index (κ1) is 17.7. The fourth-order valence-corrected chi connectivity index (χ4v) is 2.80. The highest BCUT2D eigenvalue weighted by atomic mass is 35.5. The van der Waals surface area contributed by atoms with Crippen LogP contribution in [-0.2, 0) is 13.1 Å². The number of hydrogen-bond donors (Lipinski definition) is 0. The Morgan fingerprint density at radius 1 is 1.08 bits per heavy atom. The number of aromatic nitrogens is 2. The summed E-state index contributed by atoms with van der Waals surface area (Å²) in [5, 5.41) is 5.15. The summed E-state index contributed by atoms with van der Waals surface area (Å²) in [4.78, 5) is 6.47. The number of benzene rings is 2. The van der Waals surface area contributed by atoms with Crippen LogP contribution in [0.3, 0.4) is 0 Å². The van der Waals surface area contributed by atoms with Crippen molar-refractivity contribution < 1.29 is 9.26 Å². The van der Waals surface area contributed by atoms with Gasteiger partial charge in [-0.15, -0.1) is 0 Å². The molecule has 0 unspecified atom stereocenters. The summed E-state index contributed by atoms with van der Waals surface area (Å²) in [5.41, 5.74) is 1.82. The third-order valence-electron chi connectivity index (χ3n) is 3.69. The van der Waals surface area contributed by atoms with E-state index in [1.54, 1.807) is 13.2 Å². The van der Waals surface area contributed by atoms with E-state index in [-0.39, 0.29) is 0 Å². The Morgan fingerprint density at radius 2 is 1.84 bits per heavy atom. The van der Waals surface area contributed by atoms with Crippen molar-refractivity contribution in [3.63, 3.8) is 0 Å². The van der Waals surface area contributed by atoms with Crippen LogP contribution < -0.4 is 4.74 Å². The molecule has 0 fully saturated rings. The minimum atomic E-state index is 0.506. The van der Waals surface area contributed by atoms with Gasteiger partial charge in [0, 0.05) is 12.1 Å². The second kappa shape index (κ2) is 7.87. The van der Waals surface area contributed by atoms with E-state index in [0.717, 1.165) is 16.9 Å². The van der Waals surface area contributed by atoms with Gasteiger partial charge in [-0.05, 0) is 42.9 Å². The maximum Gasteiger partial charge on any atom is 0.241 e. The standard InChI is InChI=1S/C18H17Cl2N3O2/c1-23(10-13-4-3-5-15(19)17(13)20)11-16-21-18(22-25-16)12-6-8-14(24-2)9-7-12/h3-9H,10-11H2,1-2H3. The van der Waals surface area contributed by atoms with Crippen LogP contribution in [0.15, 0.2) is 47.0 Å². The zero-order valence-corrected chi connectivity index (χ0v) is 15.4. The molecular weight excluding hydrogens is 361 g/mol. The molecule has 130 valence electrons. The highest BCUT2D eigenvalue weighted by Crippen LogP contribution is 2.26. The average molecular weight is 378 g/mol. The minimum Gasteiger partial charge on any atom is -0.497 e. The number of hydrogen-bond acceptors (Lipinski definition) is 5. The molecular formula is C18H17Cl2N3O2. The molecule has 0 amide bonds. The Bertz CT molecular complexity index is 850. The van der Waals surface area contributed by atoms with E-state index in [9.17, 15) is 0 Å². The van der Waals surface area contributed by atoms with Gasteiger partial charge in [-0.3, -0.25) is 4.90 Å². The van der Waals surface area contributed by atoms with Gasteiger partial charge in [0.25, 0.3) is 0 Å². The lowest BCUT2D eigenvalue weighted by molar-refractivity contribution is 0.261. The van der Waals surface area contributed by atoms with Gasteiger partial charge in [0.15, 0.2) is 0 Å². The topological polar surface area (TPSA) is 51.4 Å². The van der Waals surface area contributed by atoms with Gasteiger partial charge in [0.05, 0.1) is 23.7 Å². The summed E-state index contributed by atoms with van der Waals surface area (Å²) in [6.45, 7) is 1.13. The Labute approximate surface area is 156 Å². The smallest absolute Gasteiger partial charge is 0.241 e. The zero-order valence-electron chi connectivity index (χ0n) is 13.9. The molecule has 1 aromatic heterocycles. The van der Waals surface area contributed by atoms with Crippen molar-refractivity contribution in [1.29, 1.82) is 0 Å². The van der Waals surface area contributed by atoms with Crippen LogP contribution >= 0.6 is 23.2 Å². The monoisotopic (exact) mass is 377 g/mol. The zero-order chi connectivity index (χ0) is 17.8. The van der Waals surface area contributed by atoms with Crippen LogP contribution in [-0.4, -0.2) is 29.2 Å². The predicted molar refractivity (Wildman–Crippen MR) is 97.9 cm³/mol. The molecule has 2 aromatic carbocycles. The van der Waals surface area contributed by atoms with Gasteiger partial charge >= 0.3 is 0 Å². The summed E-state index contributed by atoms with van der Waals surface area (Å²) in [6.07, 6.45) is 0. The van der Waals surface area contributed by atoms with Gasteiger partial charge in [-0.1, -0.05) is 40.5 Å². The van der Waals surface area contributed by atoms with Gasteiger partial charge in [0.1, 0.15) is 5.75 Å². The summed E-state index contributed by atoms with van der Waals surface area (Å²) < 4.78 is 10.5. The van der Waals surface area contributed by atoms with Crippen molar-refractivity contribution in [2.24, 2.45) is 0 Å². The molecule has 0 aliphatic rings. The Kier molecular flexibility index (Phi) is 5.58. The van der Waals surface area contributed by atoms with Crippen molar-refractivity contribution in [3.8, 4) is 17.1 Å². The highest BCUT2D eigenvalue weighted by Gasteiger charge is 2.13. The Morgan fingerprint density at radius 3 is 2.56 bits per heavy atom. The molecule has 7 heteroatoms. The number of nitrogens with zero attached hydrogens (tertiary/aromatic N) is 3. The maximum atomic E-state index is 6.23. The molecule has 0 saturated carbocycles. The first-order valence-corrected chi connectivity index (χ1v) is 8.41. The molecule has 0 saturated heterocycles. The quantitative estimate of drug-likeness (QED) is 0.623. The van der Waals surface area contributed by atoms with E-state index in [1.165, 1.54) is 0 Å². The van der Waals surface area contributed by atoms with Gasteiger partial charge in [0.2, 0.25) is 11.7 Å². The number of ether oxygens (including phenoxy) is 1. The fourth-order valence-electron chi connectivity index (χ4n) is 2.42.